The number of hydrogen-bond acceptors (Lipinski definition) is 3. The molecule has 4 nitrogen and oxygen atoms in total. The number of carbonyl (C=O) groups excluding carboxylic acids is 1. The zero-order valence-electron chi connectivity index (χ0n) is 9.65. The van der Waals surface area contributed by atoms with Crippen molar-refractivity contribution in [2.24, 2.45) is 0 Å². The van der Waals surface area contributed by atoms with Crippen molar-refractivity contribution in [1.29, 1.82) is 0 Å². The molecule has 94 valence electrons. The average molecular weight is 241 g/mol. The molecule has 0 heterocycles. The summed E-state index contributed by atoms with van der Waals surface area (Å²) in [7, 11) is 0. The van der Waals surface area contributed by atoms with E-state index in [0.29, 0.717) is 6.42 Å². The molecule has 0 spiro atoms. The number of aliphatic hydroxyl groups excluding tert-OH is 1. The van der Waals surface area contributed by atoms with Crippen molar-refractivity contribution in [1.82, 2.24) is 5.32 Å². The molecule has 1 rings (SSSR count). The summed E-state index contributed by atoms with van der Waals surface area (Å²) < 4.78 is 18.2. The van der Waals surface area contributed by atoms with Crippen molar-refractivity contribution in [2.75, 3.05) is 13.2 Å². The topological polar surface area (TPSA) is 58.6 Å². The Bertz CT molecular complexity index is 367. The van der Waals surface area contributed by atoms with Gasteiger partial charge < -0.3 is 15.2 Å². The van der Waals surface area contributed by atoms with Gasteiger partial charge in [-0.1, -0.05) is 19.1 Å². The molecule has 17 heavy (non-hydrogen) atoms. The van der Waals surface area contributed by atoms with E-state index in [1.54, 1.807) is 12.1 Å². The molecule has 5 heteroatoms. The summed E-state index contributed by atoms with van der Waals surface area (Å²) >= 11 is 0. The quantitative estimate of drug-likeness (QED) is 0.784. The lowest BCUT2D eigenvalue weighted by Gasteiger charge is -2.14. The van der Waals surface area contributed by atoms with Crippen LogP contribution in [0.15, 0.2) is 24.3 Å². The number of benzene rings is 1. The van der Waals surface area contributed by atoms with E-state index in [4.69, 9.17) is 9.84 Å². The zero-order chi connectivity index (χ0) is 12.7. The standard InChI is InChI=1S/C12H16FNO3/c1-2-9(7-15)14-12(16)8-17-11-6-4-3-5-10(11)13/h3-6,9,15H,2,7-8H2,1H3,(H,14,16)/t9-/m1/s1. The number of amides is 1. The maximum absolute atomic E-state index is 13.1. The van der Waals surface area contributed by atoms with Gasteiger partial charge in [-0.15, -0.1) is 0 Å². The number of rotatable bonds is 6. The van der Waals surface area contributed by atoms with Gasteiger partial charge in [0.05, 0.1) is 12.6 Å². The van der Waals surface area contributed by atoms with Crippen molar-refractivity contribution < 1.29 is 19.0 Å². The van der Waals surface area contributed by atoms with Gasteiger partial charge in [0.1, 0.15) is 0 Å². The van der Waals surface area contributed by atoms with Crippen molar-refractivity contribution in [3.05, 3.63) is 30.1 Å². The monoisotopic (exact) mass is 241 g/mol. The highest BCUT2D eigenvalue weighted by Crippen LogP contribution is 2.14. The van der Waals surface area contributed by atoms with E-state index in [2.05, 4.69) is 5.32 Å². The van der Waals surface area contributed by atoms with Crippen molar-refractivity contribution in [3.8, 4) is 5.75 Å². The first-order chi connectivity index (χ1) is 8.17. The fourth-order valence-electron chi connectivity index (χ4n) is 1.25. The third-order valence-corrected chi connectivity index (χ3v) is 2.27. The maximum atomic E-state index is 13.1. The summed E-state index contributed by atoms with van der Waals surface area (Å²) in [5, 5.41) is 11.5. The molecule has 0 aromatic heterocycles. The van der Waals surface area contributed by atoms with Gasteiger partial charge in [-0.25, -0.2) is 4.39 Å². The lowest BCUT2D eigenvalue weighted by Crippen LogP contribution is -2.39. The smallest absolute Gasteiger partial charge is 0.258 e. The second-order valence-corrected chi connectivity index (χ2v) is 3.57. The maximum Gasteiger partial charge on any atom is 0.258 e. The summed E-state index contributed by atoms with van der Waals surface area (Å²) in [6.07, 6.45) is 0.627. The van der Waals surface area contributed by atoms with Crippen molar-refractivity contribution >= 4 is 5.91 Å². The van der Waals surface area contributed by atoms with E-state index in [0.717, 1.165) is 0 Å². The van der Waals surface area contributed by atoms with Crippen LogP contribution in [0.2, 0.25) is 0 Å². The first-order valence-electron chi connectivity index (χ1n) is 5.45. The Balaban J connectivity index is 2.41. The van der Waals surface area contributed by atoms with Crippen LogP contribution in [0.4, 0.5) is 4.39 Å². The lowest BCUT2D eigenvalue weighted by molar-refractivity contribution is -0.124. The van der Waals surface area contributed by atoms with Gasteiger partial charge in [0.2, 0.25) is 0 Å². The SMILES string of the molecule is CC[C@H](CO)NC(=O)COc1ccccc1F. The molecule has 0 bridgehead atoms. The summed E-state index contributed by atoms with van der Waals surface area (Å²) in [4.78, 5) is 11.4. The van der Waals surface area contributed by atoms with Crippen molar-refractivity contribution in [2.45, 2.75) is 19.4 Å². The van der Waals surface area contributed by atoms with Crippen LogP contribution in [0, 0.1) is 5.82 Å². The minimum absolute atomic E-state index is 0.0414. The van der Waals surface area contributed by atoms with Gasteiger partial charge in [-0.2, -0.15) is 0 Å². The minimum Gasteiger partial charge on any atom is -0.481 e. The van der Waals surface area contributed by atoms with E-state index in [-0.39, 0.29) is 30.9 Å². The summed E-state index contributed by atoms with van der Waals surface area (Å²) in [5.74, 6) is -0.844. The first-order valence-corrected chi connectivity index (χ1v) is 5.45. The van der Waals surface area contributed by atoms with Crippen molar-refractivity contribution in [3.63, 3.8) is 0 Å². The summed E-state index contributed by atoms with van der Waals surface area (Å²) in [6.45, 7) is 1.46. The van der Waals surface area contributed by atoms with Crippen LogP contribution >= 0.6 is 0 Å². The number of nitrogens with one attached hydrogen (secondary N) is 1. The molecular weight excluding hydrogens is 225 g/mol. The predicted octanol–water partition coefficient (Wildman–Crippen LogP) is 1.09. The Labute approximate surface area is 99.4 Å². The third-order valence-electron chi connectivity index (χ3n) is 2.27. The van der Waals surface area contributed by atoms with E-state index in [9.17, 15) is 9.18 Å². The first kappa shape index (κ1) is 13.4. The lowest BCUT2D eigenvalue weighted by atomic mass is 10.2. The molecule has 0 radical (unpaired) electrons. The second-order valence-electron chi connectivity index (χ2n) is 3.57. The summed E-state index contributed by atoms with van der Waals surface area (Å²) in [6, 6.07) is 5.59. The number of carbonyl (C=O) groups is 1. The van der Waals surface area contributed by atoms with Crippen LogP contribution in [0.5, 0.6) is 5.75 Å². The van der Waals surface area contributed by atoms with Gasteiger partial charge in [0.25, 0.3) is 5.91 Å². The highest BCUT2D eigenvalue weighted by atomic mass is 19.1. The van der Waals surface area contributed by atoms with Crippen LogP contribution in [-0.4, -0.2) is 30.3 Å². The van der Waals surface area contributed by atoms with Gasteiger partial charge in [0, 0.05) is 0 Å². The molecule has 0 fully saturated rings. The molecule has 1 aromatic carbocycles. The van der Waals surface area contributed by atoms with Crippen LogP contribution in [-0.2, 0) is 4.79 Å². The molecule has 0 saturated carbocycles. The highest BCUT2D eigenvalue weighted by Gasteiger charge is 2.10. The Morgan fingerprint density at radius 3 is 2.82 bits per heavy atom. The van der Waals surface area contributed by atoms with Gasteiger partial charge >= 0.3 is 0 Å². The Hall–Kier alpha value is -1.62. The van der Waals surface area contributed by atoms with E-state index >= 15 is 0 Å². The van der Waals surface area contributed by atoms with Crippen LogP contribution in [0.25, 0.3) is 0 Å². The van der Waals surface area contributed by atoms with Gasteiger partial charge in [0.15, 0.2) is 18.2 Å². The van der Waals surface area contributed by atoms with E-state index in [1.165, 1.54) is 12.1 Å². The van der Waals surface area contributed by atoms with E-state index < -0.39 is 5.82 Å². The molecule has 1 aromatic rings. The number of halogens is 1. The number of para-hydroxylation sites is 1. The number of ether oxygens (including phenoxy) is 1. The molecule has 0 saturated heterocycles. The molecule has 1 atom stereocenters. The highest BCUT2D eigenvalue weighted by molar-refractivity contribution is 5.77. The van der Waals surface area contributed by atoms with Crippen LogP contribution < -0.4 is 10.1 Å². The Morgan fingerprint density at radius 2 is 2.24 bits per heavy atom. The van der Waals surface area contributed by atoms with Crippen LogP contribution in [0.3, 0.4) is 0 Å². The Kier molecular flexibility index (Phi) is 5.42. The fraction of sp³-hybridized carbons (Fsp3) is 0.417. The molecule has 0 aliphatic heterocycles. The molecular formula is C12H16FNO3. The molecule has 0 unspecified atom stereocenters. The van der Waals surface area contributed by atoms with Crippen LogP contribution in [0.1, 0.15) is 13.3 Å². The molecule has 1 amide bonds. The normalized spacial score (nSPS) is 11.9. The molecule has 0 aliphatic rings. The molecule has 0 aliphatic carbocycles. The number of hydrogen-bond donors (Lipinski definition) is 2. The van der Waals surface area contributed by atoms with E-state index in [1.807, 2.05) is 6.92 Å². The average Bonchev–Trinajstić information content (AvgIpc) is 2.35. The third kappa shape index (κ3) is 4.40. The minimum atomic E-state index is -0.505. The van der Waals surface area contributed by atoms with Gasteiger partial charge in [-0.3, -0.25) is 4.79 Å². The second kappa shape index (κ2) is 6.85. The summed E-state index contributed by atoms with van der Waals surface area (Å²) in [5.41, 5.74) is 0. The number of aliphatic hydroxyl groups is 1. The fourth-order valence-corrected chi connectivity index (χ4v) is 1.25. The molecule has 2 N–H and O–H groups in total. The van der Waals surface area contributed by atoms with Gasteiger partial charge in [-0.05, 0) is 18.6 Å². The zero-order valence-corrected chi connectivity index (χ0v) is 9.65. The predicted molar refractivity (Wildman–Crippen MR) is 61.2 cm³/mol. The largest absolute Gasteiger partial charge is 0.481 e. The Morgan fingerprint density at radius 1 is 1.53 bits per heavy atom.